The second-order valence-electron chi connectivity index (χ2n) is 5.06. The first-order chi connectivity index (χ1) is 14.7. The molecule has 0 aromatic carbocycles. The minimum Gasteiger partial charge on any atom is -0.269 e. The molecule has 0 radical (unpaired) electrons. The Labute approximate surface area is 217 Å². The molecule has 37 heavy (non-hydrogen) atoms. The lowest BCUT2D eigenvalue weighted by Crippen LogP contribution is -2.32. The Bertz CT molecular complexity index is 423. The van der Waals surface area contributed by atoms with Gasteiger partial charge < -0.3 is 0 Å². The molecule has 0 fully saturated rings. The van der Waals surface area contributed by atoms with Gasteiger partial charge in [0.25, 0.3) is 5.13 Å². The van der Waals surface area contributed by atoms with E-state index in [0.29, 0.717) is 14.1 Å². The third kappa shape index (κ3) is 37.8. The molecule has 0 amide bonds. The molecule has 236 valence electrons. The third-order valence-corrected chi connectivity index (χ3v) is 2.44. The second-order valence-corrected chi connectivity index (χ2v) is 7.48. The highest BCUT2D eigenvalue weighted by atomic mass is 35.5. The fourth-order valence-electron chi connectivity index (χ4n) is 0. The average Bonchev–Trinajstić information content (AvgIpc) is 2.53. The molecule has 0 N–H and O–H groups in total. The molecule has 1 atom stereocenters. The van der Waals surface area contributed by atoms with Gasteiger partial charge in [-0.05, 0) is 13.8 Å². The van der Waals surface area contributed by atoms with Crippen LogP contribution in [0.3, 0.4) is 0 Å². The van der Waals surface area contributed by atoms with E-state index in [2.05, 4.69) is 46.4 Å². The molecule has 0 aliphatic rings. The summed E-state index contributed by atoms with van der Waals surface area (Å²) in [6, 6.07) is 0. The first kappa shape index (κ1) is 56.7. The molecule has 1 unspecified atom stereocenters. The summed E-state index contributed by atoms with van der Waals surface area (Å²) in [6.07, 6.45) is -18.3. The van der Waals surface area contributed by atoms with Gasteiger partial charge in [-0.3, -0.25) is 13.8 Å². The van der Waals surface area contributed by atoms with Crippen LogP contribution in [0.15, 0.2) is 12.4 Å². The largest absolute Gasteiger partial charge is 0.452 e. The number of hydrogen-bond acceptors (Lipinski definition) is 0. The number of hydrogen-bond donors (Lipinski definition) is 0. The smallest absolute Gasteiger partial charge is 0.269 e. The Balaban J connectivity index is -0.0000000474. The molecule has 0 spiro atoms. The highest BCUT2D eigenvalue weighted by Gasteiger charge is 2.53. The fourth-order valence-corrected chi connectivity index (χ4v) is 0. The van der Waals surface area contributed by atoms with Crippen molar-refractivity contribution in [3.05, 3.63) is 12.4 Å². The van der Waals surface area contributed by atoms with Crippen LogP contribution in [0.2, 0.25) is 0 Å². The summed E-state index contributed by atoms with van der Waals surface area (Å²) in [6.45, 7) is 2.77. The lowest BCUT2D eigenvalue weighted by Gasteiger charge is -2.16. The predicted octanol–water partition coefficient (Wildman–Crippen LogP) is 11.2. The molecular formula is C14H19Cl4F19. The van der Waals surface area contributed by atoms with Crippen molar-refractivity contribution in [1.29, 1.82) is 0 Å². The van der Waals surface area contributed by atoms with Crippen LogP contribution in [0, 0.1) is 0 Å². The van der Waals surface area contributed by atoms with Crippen LogP contribution >= 0.6 is 46.4 Å². The van der Waals surface area contributed by atoms with E-state index in [1.165, 1.54) is 6.38 Å². The zero-order valence-corrected chi connectivity index (χ0v) is 21.5. The van der Waals surface area contributed by atoms with E-state index in [0.717, 1.165) is 0 Å². The molecule has 0 bridgehead atoms. The zero-order chi connectivity index (χ0) is 31.1. The molecule has 0 saturated carbocycles. The molecule has 0 rings (SSSR count). The van der Waals surface area contributed by atoms with E-state index >= 15 is 0 Å². The van der Waals surface area contributed by atoms with E-state index in [9.17, 15) is 74.6 Å². The van der Waals surface area contributed by atoms with Gasteiger partial charge in [0.2, 0.25) is 4.33 Å². The Morgan fingerprint density at radius 1 is 0.541 bits per heavy atom. The maximum atomic E-state index is 11.5. The van der Waals surface area contributed by atoms with E-state index in [4.69, 9.17) is 0 Å². The average molecular weight is 690 g/mol. The summed E-state index contributed by atoms with van der Waals surface area (Å²) in [4.78, 5) is 0. The quantitative estimate of drug-likeness (QED) is 0.175. The van der Waals surface area contributed by atoms with Crippen molar-refractivity contribution in [2.45, 2.75) is 60.9 Å². The van der Waals surface area contributed by atoms with Gasteiger partial charge in [0.1, 0.15) is 0 Å². The Hall–Kier alpha value is -0.430. The summed E-state index contributed by atoms with van der Waals surface area (Å²) in [7, 11) is 0.500. The Morgan fingerprint density at radius 3 is 0.649 bits per heavy atom. The van der Waals surface area contributed by atoms with Gasteiger partial charge in [-0.2, -0.15) is 61.5 Å². The van der Waals surface area contributed by atoms with Crippen molar-refractivity contribution < 1.29 is 84.0 Å². The van der Waals surface area contributed by atoms with Crippen LogP contribution < -0.4 is 0 Å². The SMILES string of the molecule is C=C(F)C(F)(F)F.CC(Cl)(Cl)C(F)(F)F.CC(F)(Cl)C(F)(F)F.CC(F)(F)C(F)(F)F.CCl.CF.F.F. The molecule has 0 saturated heterocycles. The second kappa shape index (κ2) is 21.4. The van der Waals surface area contributed by atoms with Crippen molar-refractivity contribution in [3.8, 4) is 0 Å². The van der Waals surface area contributed by atoms with Gasteiger partial charge in [-0.15, -0.1) is 11.6 Å². The van der Waals surface area contributed by atoms with Crippen molar-refractivity contribution in [1.82, 2.24) is 0 Å². The molecule has 0 aromatic rings. The Kier molecular flexibility index (Phi) is 32.8. The summed E-state index contributed by atoms with van der Waals surface area (Å²) in [5.41, 5.74) is 0. The topological polar surface area (TPSA) is 0 Å². The molecular weight excluding hydrogens is 671 g/mol. The summed E-state index contributed by atoms with van der Waals surface area (Å²) in [5, 5.41) is -3.59. The maximum absolute atomic E-state index is 11.5. The number of allylic oxidation sites excluding steroid dienone is 1. The third-order valence-electron chi connectivity index (χ3n) is 1.80. The Morgan fingerprint density at radius 2 is 0.649 bits per heavy atom. The standard InChI is InChI=1S/C3H3Cl2F3.C3H3ClF4.C3H3F5.C3H2F4.CH3Cl.CH3F.2FH/c3*1-2(4,5)3(6,7)8;1-2(4)3(5,6)7;2*1-2;;/h3*1H3;1H2;2*1H3;2*1H. The lowest BCUT2D eigenvalue weighted by atomic mass is 10.4. The summed E-state index contributed by atoms with van der Waals surface area (Å²) < 4.78 is 183. The minimum atomic E-state index is -5.40. The van der Waals surface area contributed by atoms with Gasteiger partial charge in [0, 0.05) is 13.3 Å². The summed E-state index contributed by atoms with van der Waals surface area (Å²) >= 11 is 18.2. The fraction of sp³-hybridized carbons (Fsp3) is 0.857. The van der Waals surface area contributed by atoms with Gasteiger partial charge in [-0.1, -0.05) is 41.4 Å². The molecule has 0 aromatic heterocycles. The number of rotatable bonds is 0. The molecule has 23 heteroatoms. The number of halogens is 23. The van der Waals surface area contributed by atoms with Crippen LogP contribution in [0.25, 0.3) is 0 Å². The highest BCUT2D eigenvalue weighted by molar-refractivity contribution is 6.48. The lowest BCUT2D eigenvalue weighted by molar-refractivity contribution is -0.273. The van der Waals surface area contributed by atoms with E-state index in [1.807, 2.05) is 6.58 Å². The van der Waals surface area contributed by atoms with Crippen LogP contribution in [0.5, 0.6) is 0 Å². The monoisotopic (exact) mass is 688 g/mol. The summed E-state index contributed by atoms with van der Waals surface area (Å²) in [5.74, 6) is -6.82. The molecule has 0 aliphatic carbocycles. The highest BCUT2D eigenvalue weighted by Crippen LogP contribution is 2.39. The van der Waals surface area contributed by atoms with Crippen LogP contribution in [0.4, 0.5) is 84.0 Å². The van der Waals surface area contributed by atoms with Crippen molar-refractivity contribution in [3.63, 3.8) is 0 Å². The van der Waals surface area contributed by atoms with Crippen molar-refractivity contribution in [2.24, 2.45) is 0 Å². The van der Waals surface area contributed by atoms with E-state index in [-0.39, 0.29) is 23.3 Å². The molecule has 0 nitrogen and oxygen atoms in total. The van der Waals surface area contributed by atoms with Gasteiger partial charge in [0.15, 0.2) is 5.83 Å². The minimum absolute atomic E-state index is 0. The van der Waals surface area contributed by atoms with E-state index < -0.39 is 45.9 Å². The van der Waals surface area contributed by atoms with Crippen LogP contribution in [-0.4, -0.2) is 53.6 Å². The van der Waals surface area contributed by atoms with E-state index in [1.54, 1.807) is 0 Å². The van der Waals surface area contributed by atoms with Crippen LogP contribution in [-0.2, 0) is 0 Å². The maximum Gasteiger partial charge on any atom is 0.452 e. The normalized spacial score (nSPS) is 13.0. The van der Waals surface area contributed by atoms with Crippen LogP contribution in [0.1, 0.15) is 20.8 Å². The molecule has 0 aliphatic heterocycles. The first-order valence-corrected chi connectivity index (χ1v) is 9.09. The zero-order valence-electron chi connectivity index (χ0n) is 18.5. The van der Waals surface area contributed by atoms with Crippen molar-refractivity contribution >= 4 is 46.4 Å². The van der Waals surface area contributed by atoms with Gasteiger partial charge >= 0.3 is 30.6 Å². The predicted molar refractivity (Wildman–Crippen MR) is 104 cm³/mol. The van der Waals surface area contributed by atoms with Gasteiger partial charge in [-0.25, -0.2) is 8.78 Å². The molecule has 0 heterocycles. The van der Waals surface area contributed by atoms with Gasteiger partial charge in [0.05, 0.1) is 7.18 Å². The first-order valence-electron chi connectivity index (χ1n) is 7.20. The van der Waals surface area contributed by atoms with Crippen molar-refractivity contribution in [2.75, 3.05) is 13.6 Å². The number of alkyl halides is 20.